The number of hydrogen-bond acceptors (Lipinski definition) is 4. The summed E-state index contributed by atoms with van der Waals surface area (Å²) in [6.07, 6.45) is 5.25. The van der Waals surface area contributed by atoms with Crippen LogP contribution in [0.1, 0.15) is 23.0 Å². The van der Waals surface area contributed by atoms with Crippen molar-refractivity contribution in [2.24, 2.45) is 7.05 Å². The standard InChI is InChI=1S/C22H21N3O3/c1-3-28-22(27)21-17-12-20(26)16(15-7-5-4-6-8-15)11-18(17)24(2)19(21)13-25-10-9-23-14-25/h4-12,14,26H,3,13H2,1-2H3. The van der Waals surface area contributed by atoms with Gasteiger partial charge in [0.05, 0.1) is 30.7 Å². The van der Waals surface area contributed by atoms with Crippen LogP contribution in [0.5, 0.6) is 5.75 Å². The first-order valence-electron chi connectivity index (χ1n) is 9.12. The zero-order valence-corrected chi connectivity index (χ0v) is 15.8. The van der Waals surface area contributed by atoms with Crippen LogP contribution in [0.3, 0.4) is 0 Å². The maximum absolute atomic E-state index is 12.7. The van der Waals surface area contributed by atoms with E-state index in [1.165, 1.54) is 0 Å². The number of carbonyl (C=O) groups is 1. The Kier molecular flexibility index (Phi) is 4.61. The molecular weight excluding hydrogens is 354 g/mol. The van der Waals surface area contributed by atoms with E-state index in [0.29, 0.717) is 17.5 Å². The summed E-state index contributed by atoms with van der Waals surface area (Å²) in [6.45, 7) is 2.54. The summed E-state index contributed by atoms with van der Waals surface area (Å²) in [5.41, 5.74) is 3.77. The van der Waals surface area contributed by atoms with Gasteiger partial charge in [-0.05, 0) is 24.6 Å². The molecule has 0 aliphatic rings. The first-order chi connectivity index (χ1) is 13.6. The number of phenols is 1. The molecule has 0 aliphatic heterocycles. The number of rotatable bonds is 5. The first kappa shape index (κ1) is 17.9. The van der Waals surface area contributed by atoms with E-state index >= 15 is 0 Å². The SMILES string of the molecule is CCOC(=O)c1c(Cn2ccnc2)n(C)c2cc(-c3ccccc3)c(O)cc12. The van der Waals surface area contributed by atoms with Crippen LogP contribution in [0.25, 0.3) is 22.0 Å². The second-order valence-corrected chi connectivity index (χ2v) is 6.59. The smallest absolute Gasteiger partial charge is 0.340 e. The third kappa shape index (κ3) is 3.03. The number of aromatic hydroxyl groups is 1. The third-order valence-electron chi connectivity index (χ3n) is 4.89. The highest BCUT2D eigenvalue weighted by Gasteiger charge is 2.24. The van der Waals surface area contributed by atoms with Gasteiger partial charge in [-0.1, -0.05) is 30.3 Å². The van der Waals surface area contributed by atoms with E-state index < -0.39 is 5.97 Å². The number of aryl methyl sites for hydroxylation is 1. The molecule has 2 aromatic carbocycles. The molecule has 0 fully saturated rings. The van der Waals surface area contributed by atoms with Gasteiger partial charge >= 0.3 is 5.97 Å². The zero-order valence-electron chi connectivity index (χ0n) is 15.8. The van der Waals surface area contributed by atoms with E-state index in [-0.39, 0.29) is 12.4 Å². The second-order valence-electron chi connectivity index (χ2n) is 6.59. The van der Waals surface area contributed by atoms with Gasteiger partial charge in [-0.2, -0.15) is 0 Å². The molecule has 0 unspecified atom stereocenters. The van der Waals surface area contributed by atoms with E-state index in [0.717, 1.165) is 22.3 Å². The number of fused-ring (bicyclic) bond motifs is 1. The lowest BCUT2D eigenvalue weighted by molar-refractivity contribution is 0.0527. The number of benzene rings is 2. The molecule has 0 bridgehead atoms. The van der Waals surface area contributed by atoms with Gasteiger partial charge in [0.2, 0.25) is 0 Å². The lowest BCUT2D eigenvalue weighted by Gasteiger charge is -2.08. The summed E-state index contributed by atoms with van der Waals surface area (Å²) in [5.74, 6) is -0.265. The highest BCUT2D eigenvalue weighted by Crippen LogP contribution is 2.37. The molecule has 0 amide bonds. The summed E-state index contributed by atoms with van der Waals surface area (Å²) >= 11 is 0. The molecule has 0 spiro atoms. The molecule has 0 saturated carbocycles. The number of nitrogens with zero attached hydrogens (tertiary/aromatic N) is 3. The Morgan fingerprint density at radius 2 is 2.00 bits per heavy atom. The Morgan fingerprint density at radius 3 is 2.68 bits per heavy atom. The van der Waals surface area contributed by atoms with Crippen LogP contribution in [0.2, 0.25) is 0 Å². The highest BCUT2D eigenvalue weighted by atomic mass is 16.5. The van der Waals surface area contributed by atoms with E-state index in [1.54, 1.807) is 25.5 Å². The molecule has 4 rings (SSSR count). The fourth-order valence-corrected chi connectivity index (χ4v) is 3.54. The van der Waals surface area contributed by atoms with Gasteiger partial charge in [0, 0.05) is 35.9 Å². The van der Waals surface area contributed by atoms with Gasteiger partial charge in [-0.3, -0.25) is 0 Å². The van der Waals surface area contributed by atoms with Crippen LogP contribution in [-0.2, 0) is 18.3 Å². The maximum atomic E-state index is 12.7. The summed E-state index contributed by atoms with van der Waals surface area (Å²) in [7, 11) is 1.92. The Morgan fingerprint density at radius 1 is 1.21 bits per heavy atom. The molecule has 28 heavy (non-hydrogen) atoms. The molecule has 6 heteroatoms. The van der Waals surface area contributed by atoms with Gasteiger partial charge in [0.1, 0.15) is 5.75 Å². The van der Waals surface area contributed by atoms with E-state index in [2.05, 4.69) is 4.98 Å². The molecule has 0 radical (unpaired) electrons. The number of ether oxygens (including phenoxy) is 1. The summed E-state index contributed by atoms with van der Waals surface area (Å²) in [5, 5.41) is 11.4. The molecule has 1 N–H and O–H groups in total. The largest absolute Gasteiger partial charge is 0.507 e. The molecule has 6 nitrogen and oxygen atoms in total. The predicted molar refractivity (Wildman–Crippen MR) is 107 cm³/mol. The second kappa shape index (κ2) is 7.23. The topological polar surface area (TPSA) is 69.3 Å². The van der Waals surface area contributed by atoms with Crippen molar-refractivity contribution in [1.82, 2.24) is 14.1 Å². The molecule has 4 aromatic rings. The summed E-state index contributed by atoms with van der Waals surface area (Å²) in [4.78, 5) is 16.8. The van der Waals surface area contributed by atoms with Crippen molar-refractivity contribution in [3.8, 4) is 16.9 Å². The summed E-state index contributed by atoms with van der Waals surface area (Å²) < 4.78 is 9.18. The first-order valence-corrected chi connectivity index (χ1v) is 9.12. The Bertz CT molecular complexity index is 1130. The minimum atomic E-state index is -0.393. The predicted octanol–water partition coefficient (Wildman–Crippen LogP) is 3.97. The van der Waals surface area contributed by atoms with Gasteiger partial charge in [0.15, 0.2) is 0 Å². The van der Waals surface area contributed by atoms with Gasteiger partial charge < -0.3 is 19.0 Å². The van der Waals surface area contributed by atoms with Crippen molar-refractivity contribution >= 4 is 16.9 Å². The average molecular weight is 375 g/mol. The van der Waals surface area contributed by atoms with Crippen LogP contribution >= 0.6 is 0 Å². The van der Waals surface area contributed by atoms with Gasteiger partial charge in [-0.25, -0.2) is 9.78 Å². The fourth-order valence-electron chi connectivity index (χ4n) is 3.54. The zero-order chi connectivity index (χ0) is 19.7. The number of esters is 1. The summed E-state index contributed by atoms with van der Waals surface area (Å²) in [6, 6.07) is 13.3. The highest BCUT2D eigenvalue weighted by molar-refractivity contribution is 6.07. The van der Waals surface area contributed by atoms with Gasteiger partial charge in [0.25, 0.3) is 0 Å². The molecule has 142 valence electrons. The van der Waals surface area contributed by atoms with E-state index in [9.17, 15) is 9.90 Å². The van der Waals surface area contributed by atoms with Crippen LogP contribution in [0, 0.1) is 0 Å². The number of imidazole rings is 1. The molecule has 0 saturated heterocycles. The number of carbonyl (C=O) groups excluding carboxylic acids is 1. The minimum Gasteiger partial charge on any atom is -0.507 e. The Hall–Kier alpha value is -3.54. The van der Waals surface area contributed by atoms with E-state index in [4.69, 9.17) is 4.74 Å². The Balaban J connectivity index is 1.95. The lowest BCUT2D eigenvalue weighted by Crippen LogP contribution is -2.11. The van der Waals surface area contributed by atoms with Gasteiger partial charge in [-0.15, -0.1) is 0 Å². The molecular formula is C22H21N3O3. The lowest BCUT2D eigenvalue weighted by atomic mass is 10.0. The fraction of sp³-hybridized carbons (Fsp3) is 0.182. The number of hydrogen-bond donors (Lipinski definition) is 1. The van der Waals surface area contributed by atoms with Crippen molar-refractivity contribution in [1.29, 1.82) is 0 Å². The third-order valence-corrected chi connectivity index (χ3v) is 4.89. The van der Waals surface area contributed by atoms with Crippen LogP contribution in [0.15, 0.2) is 61.2 Å². The maximum Gasteiger partial charge on any atom is 0.340 e. The normalized spacial score (nSPS) is 11.1. The van der Waals surface area contributed by atoms with Crippen molar-refractivity contribution in [3.05, 3.63) is 72.4 Å². The average Bonchev–Trinajstić information content (AvgIpc) is 3.29. The monoisotopic (exact) mass is 375 g/mol. The molecule has 2 heterocycles. The van der Waals surface area contributed by atoms with E-state index in [1.807, 2.05) is 58.8 Å². The number of aromatic nitrogens is 3. The van der Waals surface area contributed by atoms with Crippen LogP contribution < -0.4 is 0 Å². The van der Waals surface area contributed by atoms with Crippen molar-refractivity contribution in [2.75, 3.05) is 6.61 Å². The number of phenolic OH excluding ortho intramolecular Hbond substituents is 1. The molecule has 2 aromatic heterocycles. The van der Waals surface area contributed by atoms with Crippen molar-refractivity contribution in [2.45, 2.75) is 13.5 Å². The Labute approximate surface area is 162 Å². The van der Waals surface area contributed by atoms with Crippen LogP contribution in [-0.4, -0.2) is 31.8 Å². The minimum absolute atomic E-state index is 0.129. The van der Waals surface area contributed by atoms with Crippen LogP contribution in [0.4, 0.5) is 0 Å². The molecule has 0 atom stereocenters. The van der Waals surface area contributed by atoms with Crippen molar-refractivity contribution in [3.63, 3.8) is 0 Å². The molecule has 0 aliphatic carbocycles. The quantitative estimate of drug-likeness (QED) is 0.536. The van der Waals surface area contributed by atoms with Crippen molar-refractivity contribution < 1.29 is 14.6 Å².